The van der Waals surface area contributed by atoms with Gasteiger partial charge in [0.2, 0.25) is 0 Å². The van der Waals surface area contributed by atoms with Crippen molar-refractivity contribution < 1.29 is 14.6 Å². The summed E-state index contributed by atoms with van der Waals surface area (Å²) in [6.45, 7) is 0.609. The number of aliphatic hydroxyl groups is 1. The molecule has 2 saturated carbocycles. The molecule has 0 spiro atoms. The monoisotopic (exact) mass is 196 g/mol. The zero-order valence-corrected chi connectivity index (χ0v) is 8.13. The SMILES string of the molecule is O[C@H]1[C@H]2[C@H]3CC[C@H](C3)[C@H]2[C@@H]2OC[C@H]1O2. The van der Waals surface area contributed by atoms with Gasteiger partial charge < -0.3 is 14.6 Å². The van der Waals surface area contributed by atoms with Gasteiger partial charge in [-0.15, -0.1) is 0 Å². The second-order valence-electron chi connectivity index (χ2n) is 5.35. The normalized spacial score (nSPS) is 64.5. The molecule has 7 atom stereocenters. The van der Waals surface area contributed by atoms with Gasteiger partial charge in [0.25, 0.3) is 0 Å². The fourth-order valence-electron chi connectivity index (χ4n) is 4.36. The fraction of sp³-hybridized carbons (Fsp3) is 1.00. The van der Waals surface area contributed by atoms with Crippen LogP contribution in [-0.4, -0.2) is 30.2 Å². The first-order valence-electron chi connectivity index (χ1n) is 5.80. The van der Waals surface area contributed by atoms with E-state index >= 15 is 0 Å². The molecule has 0 amide bonds. The Morgan fingerprint density at radius 3 is 2.71 bits per heavy atom. The Kier molecular flexibility index (Phi) is 1.45. The summed E-state index contributed by atoms with van der Waals surface area (Å²) in [5.74, 6) is 2.52. The maximum atomic E-state index is 10.2. The quantitative estimate of drug-likeness (QED) is 0.622. The first kappa shape index (κ1) is 8.08. The highest BCUT2D eigenvalue weighted by Crippen LogP contribution is 2.58. The van der Waals surface area contributed by atoms with E-state index in [1.165, 1.54) is 19.3 Å². The molecule has 0 unspecified atom stereocenters. The summed E-state index contributed by atoms with van der Waals surface area (Å²) in [4.78, 5) is 0. The maximum Gasteiger partial charge on any atom is 0.161 e. The summed E-state index contributed by atoms with van der Waals surface area (Å²) in [5.41, 5.74) is 0. The smallest absolute Gasteiger partial charge is 0.161 e. The molecular formula is C11H16O3. The van der Waals surface area contributed by atoms with Gasteiger partial charge in [0.15, 0.2) is 6.29 Å². The summed E-state index contributed by atoms with van der Waals surface area (Å²) in [6, 6.07) is 0. The highest BCUT2D eigenvalue weighted by atomic mass is 16.7. The van der Waals surface area contributed by atoms with Crippen LogP contribution in [-0.2, 0) is 9.47 Å². The van der Waals surface area contributed by atoms with Crippen molar-refractivity contribution in [2.45, 2.75) is 37.8 Å². The van der Waals surface area contributed by atoms with Crippen molar-refractivity contribution in [1.29, 1.82) is 0 Å². The van der Waals surface area contributed by atoms with Crippen molar-refractivity contribution in [3.05, 3.63) is 0 Å². The molecule has 0 aromatic heterocycles. The Balaban J connectivity index is 1.74. The van der Waals surface area contributed by atoms with Crippen LogP contribution in [0.25, 0.3) is 0 Å². The van der Waals surface area contributed by atoms with Crippen LogP contribution in [0.15, 0.2) is 0 Å². The molecular weight excluding hydrogens is 180 g/mol. The van der Waals surface area contributed by atoms with Gasteiger partial charge in [-0.1, -0.05) is 0 Å². The fourth-order valence-corrected chi connectivity index (χ4v) is 4.36. The lowest BCUT2D eigenvalue weighted by molar-refractivity contribution is -0.193. The molecule has 2 saturated heterocycles. The first-order valence-corrected chi connectivity index (χ1v) is 5.80. The van der Waals surface area contributed by atoms with Crippen LogP contribution < -0.4 is 0 Å². The van der Waals surface area contributed by atoms with Crippen LogP contribution in [0.5, 0.6) is 0 Å². The van der Waals surface area contributed by atoms with Gasteiger partial charge in [-0.3, -0.25) is 0 Å². The summed E-state index contributed by atoms with van der Waals surface area (Å²) in [7, 11) is 0. The van der Waals surface area contributed by atoms with E-state index in [4.69, 9.17) is 9.47 Å². The molecule has 3 heteroatoms. The van der Waals surface area contributed by atoms with E-state index in [0.29, 0.717) is 18.4 Å². The van der Waals surface area contributed by atoms with Crippen LogP contribution in [0.4, 0.5) is 0 Å². The van der Waals surface area contributed by atoms with Crippen LogP contribution in [0.1, 0.15) is 19.3 Å². The molecule has 0 aromatic rings. The number of aliphatic hydroxyl groups excluding tert-OH is 1. The van der Waals surface area contributed by atoms with Gasteiger partial charge in [-0.05, 0) is 37.0 Å². The average molecular weight is 196 g/mol. The van der Waals surface area contributed by atoms with Crippen molar-refractivity contribution in [2.75, 3.05) is 6.61 Å². The average Bonchev–Trinajstić information content (AvgIpc) is 2.89. The summed E-state index contributed by atoms with van der Waals surface area (Å²) < 4.78 is 11.3. The Hall–Kier alpha value is -0.120. The lowest BCUT2D eigenvalue weighted by Gasteiger charge is -2.41. The van der Waals surface area contributed by atoms with E-state index in [2.05, 4.69) is 0 Å². The number of hydrogen-bond donors (Lipinski definition) is 1. The summed E-state index contributed by atoms with van der Waals surface area (Å²) in [6.07, 6.45) is 3.69. The maximum absolute atomic E-state index is 10.2. The minimum absolute atomic E-state index is 0.0173. The molecule has 4 fully saturated rings. The minimum Gasteiger partial charge on any atom is -0.390 e. The number of hydrogen-bond acceptors (Lipinski definition) is 3. The van der Waals surface area contributed by atoms with Gasteiger partial charge in [0, 0.05) is 5.92 Å². The molecule has 14 heavy (non-hydrogen) atoms. The molecule has 2 aliphatic carbocycles. The third-order valence-corrected chi connectivity index (χ3v) is 4.87. The molecule has 4 aliphatic rings. The summed E-state index contributed by atoms with van der Waals surface area (Å²) in [5, 5.41) is 10.2. The van der Waals surface area contributed by atoms with Crippen LogP contribution in [0.3, 0.4) is 0 Å². The van der Waals surface area contributed by atoms with Gasteiger partial charge in [-0.2, -0.15) is 0 Å². The molecule has 2 aliphatic heterocycles. The third kappa shape index (κ3) is 0.802. The Bertz CT molecular complexity index is 257. The zero-order chi connectivity index (χ0) is 9.28. The zero-order valence-electron chi connectivity index (χ0n) is 8.13. The van der Waals surface area contributed by atoms with Gasteiger partial charge in [-0.25, -0.2) is 0 Å². The minimum atomic E-state index is -0.256. The third-order valence-electron chi connectivity index (χ3n) is 4.87. The van der Waals surface area contributed by atoms with Crippen LogP contribution >= 0.6 is 0 Å². The van der Waals surface area contributed by atoms with Crippen molar-refractivity contribution in [3.63, 3.8) is 0 Å². The molecule has 2 heterocycles. The van der Waals surface area contributed by atoms with E-state index in [1.54, 1.807) is 0 Å². The largest absolute Gasteiger partial charge is 0.390 e. The molecule has 0 radical (unpaired) electrons. The van der Waals surface area contributed by atoms with Crippen molar-refractivity contribution in [2.24, 2.45) is 23.7 Å². The van der Waals surface area contributed by atoms with E-state index in [0.717, 1.165) is 11.8 Å². The topological polar surface area (TPSA) is 38.7 Å². The van der Waals surface area contributed by atoms with E-state index < -0.39 is 0 Å². The molecule has 4 bridgehead atoms. The van der Waals surface area contributed by atoms with E-state index in [1.807, 2.05) is 0 Å². The van der Waals surface area contributed by atoms with Gasteiger partial charge >= 0.3 is 0 Å². The van der Waals surface area contributed by atoms with Gasteiger partial charge in [0.05, 0.1) is 12.7 Å². The highest BCUT2D eigenvalue weighted by molar-refractivity contribution is 5.05. The standard InChI is InChI=1S/C11H16O3/c12-10-7-4-13-11(14-7)9-6-2-1-5(3-6)8(9)10/h5-12H,1-4H2/t5-,6+,7+,8-,9+,10+,11+/m0/s1. The Morgan fingerprint density at radius 1 is 1.07 bits per heavy atom. The predicted octanol–water partition coefficient (Wildman–Crippen LogP) is 0.765. The Morgan fingerprint density at radius 2 is 1.86 bits per heavy atom. The lowest BCUT2D eigenvalue weighted by atomic mass is 9.73. The van der Waals surface area contributed by atoms with Crippen LogP contribution in [0.2, 0.25) is 0 Å². The second-order valence-corrected chi connectivity index (χ2v) is 5.35. The summed E-state index contributed by atoms with van der Waals surface area (Å²) >= 11 is 0. The predicted molar refractivity (Wildman–Crippen MR) is 48.4 cm³/mol. The highest BCUT2D eigenvalue weighted by Gasteiger charge is 2.60. The van der Waals surface area contributed by atoms with Crippen molar-refractivity contribution >= 4 is 0 Å². The molecule has 4 rings (SSSR count). The number of fused-ring (bicyclic) bond motifs is 8. The van der Waals surface area contributed by atoms with Gasteiger partial charge in [0.1, 0.15) is 6.10 Å². The van der Waals surface area contributed by atoms with Crippen molar-refractivity contribution in [1.82, 2.24) is 0 Å². The van der Waals surface area contributed by atoms with Crippen LogP contribution in [0, 0.1) is 23.7 Å². The Labute approximate surface area is 83.4 Å². The lowest BCUT2D eigenvalue weighted by Crippen LogP contribution is -2.49. The number of ether oxygens (including phenoxy) is 2. The molecule has 78 valence electrons. The van der Waals surface area contributed by atoms with E-state index in [9.17, 15) is 5.11 Å². The molecule has 1 N–H and O–H groups in total. The first-order chi connectivity index (χ1) is 6.84. The van der Waals surface area contributed by atoms with Crippen molar-refractivity contribution in [3.8, 4) is 0 Å². The molecule has 3 nitrogen and oxygen atoms in total. The second kappa shape index (κ2) is 2.52. The molecule has 0 aromatic carbocycles. The number of rotatable bonds is 0. The van der Waals surface area contributed by atoms with E-state index in [-0.39, 0.29) is 18.5 Å².